The highest BCUT2D eigenvalue weighted by Gasteiger charge is 2.43. The summed E-state index contributed by atoms with van der Waals surface area (Å²) in [6, 6.07) is 7.97. The minimum Gasteiger partial charge on any atom is -0.395 e. The van der Waals surface area contributed by atoms with Crippen molar-refractivity contribution in [2.45, 2.75) is 43.3 Å². The summed E-state index contributed by atoms with van der Waals surface area (Å²) >= 11 is 0. The van der Waals surface area contributed by atoms with Crippen molar-refractivity contribution in [1.82, 2.24) is 10.3 Å². The number of pyridine rings is 1. The zero-order valence-corrected chi connectivity index (χ0v) is 17.2. The van der Waals surface area contributed by atoms with Gasteiger partial charge in [-0.25, -0.2) is 9.78 Å². The summed E-state index contributed by atoms with van der Waals surface area (Å²) in [6.07, 6.45) is -0.616. The van der Waals surface area contributed by atoms with Crippen LogP contribution in [0.5, 0.6) is 0 Å². The topological polar surface area (TPSA) is 94.6 Å². The molecule has 1 atom stereocenters. The van der Waals surface area contributed by atoms with Crippen molar-refractivity contribution in [3.8, 4) is 0 Å². The monoisotopic (exact) mass is 448 g/mol. The average molecular weight is 448 g/mol. The Morgan fingerprint density at radius 2 is 1.91 bits per heavy atom. The molecule has 1 saturated carbocycles. The molecule has 1 aromatic carbocycles. The number of anilines is 2. The van der Waals surface area contributed by atoms with Gasteiger partial charge in [0.25, 0.3) is 0 Å². The van der Waals surface area contributed by atoms with Crippen LogP contribution in [0.4, 0.5) is 29.3 Å². The Labute approximate surface area is 182 Å². The van der Waals surface area contributed by atoms with Crippen molar-refractivity contribution < 1.29 is 27.9 Å². The Balaban J connectivity index is 1.37. The molecule has 1 aliphatic carbocycles. The number of amides is 3. The molecule has 170 valence electrons. The molecule has 7 nitrogen and oxygen atoms in total. The van der Waals surface area contributed by atoms with E-state index < -0.39 is 23.9 Å². The number of hydrogen-bond donors (Lipinski definition) is 3. The first kappa shape index (κ1) is 22.1. The van der Waals surface area contributed by atoms with E-state index in [4.69, 9.17) is 0 Å². The maximum absolute atomic E-state index is 12.9. The number of carbonyl (C=O) groups excluding carboxylic acids is 2. The molecule has 0 bridgehead atoms. The van der Waals surface area contributed by atoms with E-state index in [9.17, 15) is 27.9 Å². The highest BCUT2D eigenvalue weighted by molar-refractivity contribution is 6.01. The molecule has 4 rings (SSSR count). The number of nitrogens with one attached hydrogen (secondary N) is 2. The van der Waals surface area contributed by atoms with Crippen LogP contribution in [0, 0.1) is 0 Å². The van der Waals surface area contributed by atoms with Crippen molar-refractivity contribution >= 4 is 23.3 Å². The molecular formula is C22H23F3N4O3. The average Bonchev–Trinajstić information content (AvgIpc) is 3.56. The number of aliphatic hydroxyl groups is 1. The third kappa shape index (κ3) is 4.55. The lowest BCUT2D eigenvalue weighted by Gasteiger charge is -2.33. The molecule has 0 spiro atoms. The Morgan fingerprint density at radius 3 is 2.47 bits per heavy atom. The van der Waals surface area contributed by atoms with Crippen molar-refractivity contribution in [2.24, 2.45) is 0 Å². The van der Waals surface area contributed by atoms with Gasteiger partial charge in [-0.2, -0.15) is 13.2 Å². The summed E-state index contributed by atoms with van der Waals surface area (Å²) in [6.45, 7) is 0.622. The number of hydrogen-bond acceptors (Lipinski definition) is 4. The van der Waals surface area contributed by atoms with Crippen LogP contribution in [0.1, 0.15) is 36.9 Å². The van der Waals surface area contributed by atoms with Crippen LogP contribution in [0.25, 0.3) is 0 Å². The van der Waals surface area contributed by atoms with Gasteiger partial charge in [-0.05, 0) is 55.5 Å². The molecule has 2 fully saturated rings. The fourth-order valence-electron chi connectivity index (χ4n) is 3.91. The number of urea groups is 1. The van der Waals surface area contributed by atoms with Gasteiger partial charge in [0, 0.05) is 17.6 Å². The lowest BCUT2D eigenvalue weighted by Crippen LogP contribution is -2.53. The number of piperidine rings is 1. The van der Waals surface area contributed by atoms with Crippen LogP contribution in [0.15, 0.2) is 42.6 Å². The molecule has 0 unspecified atom stereocenters. The van der Waals surface area contributed by atoms with Crippen molar-refractivity contribution in [3.05, 3.63) is 53.9 Å². The van der Waals surface area contributed by atoms with Gasteiger partial charge in [0.2, 0.25) is 5.91 Å². The van der Waals surface area contributed by atoms with Gasteiger partial charge in [0.05, 0.1) is 18.5 Å². The van der Waals surface area contributed by atoms with Gasteiger partial charge >= 0.3 is 12.2 Å². The summed E-state index contributed by atoms with van der Waals surface area (Å²) in [5.74, 6) is -0.256. The minimum atomic E-state index is -4.56. The minimum absolute atomic E-state index is 0.0871. The molecule has 1 aliphatic heterocycles. The van der Waals surface area contributed by atoms with Crippen molar-refractivity contribution in [1.29, 1.82) is 0 Å². The highest BCUT2D eigenvalue weighted by Crippen LogP contribution is 2.47. The standard InChI is InChI=1S/C22H23F3N4O3/c23-22(24,25)18-8-5-15(12-26-18)27-20(32)28-17-2-1-11-29(19(17)31)16-6-3-14(4-7-16)21(13-30)9-10-21/h3-8,12,17,30H,1-2,9-11,13H2,(H2,27,28,32)/t17-/m1/s1. The summed E-state index contributed by atoms with van der Waals surface area (Å²) in [5, 5.41) is 14.6. The van der Waals surface area contributed by atoms with E-state index in [-0.39, 0.29) is 23.6 Å². The van der Waals surface area contributed by atoms with Gasteiger partial charge in [-0.3, -0.25) is 4.79 Å². The second-order valence-electron chi connectivity index (χ2n) is 8.20. The van der Waals surface area contributed by atoms with E-state index in [0.29, 0.717) is 25.1 Å². The predicted molar refractivity (Wildman–Crippen MR) is 111 cm³/mol. The SMILES string of the molecule is O=C(Nc1ccc(C(F)(F)F)nc1)N[C@@H]1CCCN(c2ccc(C3(CO)CC3)cc2)C1=O. The second-order valence-corrected chi connectivity index (χ2v) is 8.20. The van der Waals surface area contributed by atoms with Crippen LogP contribution < -0.4 is 15.5 Å². The van der Waals surface area contributed by atoms with Gasteiger partial charge < -0.3 is 20.6 Å². The number of carbonyl (C=O) groups is 2. The summed E-state index contributed by atoms with van der Waals surface area (Å²) in [4.78, 5) is 30.1. The first-order valence-corrected chi connectivity index (χ1v) is 10.4. The maximum atomic E-state index is 12.9. The molecule has 10 heteroatoms. The van der Waals surface area contributed by atoms with E-state index in [1.54, 1.807) is 4.90 Å². The third-order valence-electron chi connectivity index (χ3n) is 6.00. The molecule has 3 N–H and O–H groups in total. The normalized spacial score (nSPS) is 20.1. The smallest absolute Gasteiger partial charge is 0.395 e. The first-order chi connectivity index (χ1) is 15.2. The quantitative estimate of drug-likeness (QED) is 0.653. The number of halogens is 3. The van der Waals surface area contributed by atoms with Crippen LogP contribution in [0.2, 0.25) is 0 Å². The predicted octanol–water partition coefficient (Wildman–Crippen LogP) is 3.44. The molecule has 0 radical (unpaired) electrons. The maximum Gasteiger partial charge on any atom is 0.433 e. The Morgan fingerprint density at radius 1 is 1.19 bits per heavy atom. The molecule has 3 amide bonds. The summed E-state index contributed by atoms with van der Waals surface area (Å²) in [5.41, 5.74) is 0.641. The third-order valence-corrected chi connectivity index (χ3v) is 6.00. The zero-order chi connectivity index (χ0) is 22.9. The van der Waals surface area contributed by atoms with E-state index in [2.05, 4.69) is 15.6 Å². The van der Waals surface area contributed by atoms with Crippen LogP contribution >= 0.6 is 0 Å². The summed E-state index contributed by atoms with van der Waals surface area (Å²) in [7, 11) is 0. The fraction of sp³-hybridized carbons (Fsp3) is 0.409. The molecule has 2 aliphatic rings. The molecule has 2 aromatic rings. The van der Waals surface area contributed by atoms with Crippen molar-refractivity contribution in [2.75, 3.05) is 23.4 Å². The van der Waals surface area contributed by atoms with Gasteiger partial charge in [-0.1, -0.05) is 12.1 Å². The largest absolute Gasteiger partial charge is 0.433 e. The molecule has 1 saturated heterocycles. The lowest BCUT2D eigenvalue weighted by atomic mass is 9.96. The molecular weight excluding hydrogens is 425 g/mol. The van der Waals surface area contributed by atoms with Crippen molar-refractivity contribution in [3.63, 3.8) is 0 Å². The van der Waals surface area contributed by atoms with E-state index >= 15 is 0 Å². The highest BCUT2D eigenvalue weighted by atomic mass is 19.4. The van der Waals surface area contributed by atoms with E-state index in [1.807, 2.05) is 24.3 Å². The summed E-state index contributed by atoms with van der Waals surface area (Å²) < 4.78 is 37.8. The van der Waals surface area contributed by atoms with Gasteiger partial charge in [0.1, 0.15) is 11.7 Å². The lowest BCUT2D eigenvalue weighted by molar-refractivity contribution is -0.141. The number of alkyl halides is 3. The number of aromatic nitrogens is 1. The Kier molecular flexibility index (Phi) is 5.81. The molecule has 1 aromatic heterocycles. The van der Waals surface area contributed by atoms with Gasteiger partial charge in [-0.15, -0.1) is 0 Å². The zero-order valence-electron chi connectivity index (χ0n) is 17.2. The Bertz CT molecular complexity index is 989. The van der Waals surface area contributed by atoms with E-state index in [1.165, 1.54) is 0 Å². The van der Waals surface area contributed by atoms with Gasteiger partial charge in [0.15, 0.2) is 0 Å². The van der Waals surface area contributed by atoms with Crippen LogP contribution in [-0.4, -0.2) is 41.2 Å². The second kappa shape index (κ2) is 8.42. The first-order valence-electron chi connectivity index (χ1n) is 10.4. The molecule has 2 heterocycles. The number of nitrogens with zero attached hydrogens (tertiary/aromatic N) is 2. The van der Waals surface area contributed by atoms with E-state index in [0.717, 1.165) is 36.7 Å². The number of benzene rings is 1. The number of aliphatic hydroxyl groups excluding tert-OH is 1. The number of rotatable bonds is 5. The van der Waals surface area contributed by atoms with Crippen LogP contribution in [0.3, 0.4) is 0 Å². The Hall–Kier alpha value is -3.14. The van der Waals surface area contributed by atoms with Crippen LogP contribution in [-0.2, 0) is 16.4 Å². The molecule has 32 heavy (non-hydrogen) atoms. The fourth-order valence-corrected chi connectivity index (χ4v) is 3.91.